The van der Waals surface area contributed by atoms with Crippen molar-refractivity contribution in [2.45, 2.75) is 6.42 Å². The Kier molecular flexibility index (Phi) is 8.77. The van der Waals surface area contributed by atoms with E-state index in [1.165, 1.54) is 0 Å². The van der Waals surface area contributed by atoms with Crippen LogP contribution in [0.4, 0.5) is 0 Å². The van der Waals surface area contributed by atoms with Crippen molar-refractivity contribution in [3.05, 3.63) is 6.92 Å². The standard InChI is InChI=1S/C7H17N2O/c1-2-8-4-3-5-9-6-7-10/h8-10H,1-7H2. The lowest BCUT2D eigenvalue weighted by Gasteiger charge is -2.01. The summed E-state index contributed by atoms with van der Waals surface area (Å²) < 4.78 is 0. The summed E-state index contributed by atoms with van der Waals surface area (Å²) in [5, 5.41) is 14.6. The number of hydrogen-bond acceptors (Lipinski definition) is 3. The van der Waals surface area contributed by atoms with Crippen molar-refractivity contribution >= 4 is 0 Å². The molecule has 0 atom stereocenters. The van der Waals surface area contributed by atoms with Gasteiger partial charge < -0.3 is 15.7 Å². The van der Waals surface area contributed by atoms with E-state index < -0.39 is 0 Å². The van der Waals surface area contributed by atoms with Gasteiger partial charge in [0.05, 0.1) is 6.61 Å². The van der Waals surface area contributed by atoms with E-state index in [1.54, 1.807) is 0 Å². The fraction of sp³-hybridized carbons (Fsp3) is 0.857. The Bertz CT molecular complexity index is 51.6. The molecule has 3 heteroatoms. The molecule has 0 heterocycles. The van der Waals surface area contributed by atoms with Crippen LogP contribution >= 0.6 is 0 Å². The van der Waals surface area contributed by atoms with Crippen LogP contribution in [0.5, 0.6) is 0 Å². The summed E-state index contributed by atoms with van der Waals surface area (Å²) >= 11 is 0. The maximum absolute atomic E-state index is 8.38. The maximum Gasteiger partial charge on any atom is 0.0555 e. The predicted molar refractivity (Wildman–Crippen MR) is 42.8 cm³/mol. The molecule has 0 saturated heterocycles. The minimum atomic E-state index is 0.225. The highest BCUT2D eigenvalue weighted by Gasteiger charge is 1.84. The molecule has 1 radical (unpaired) electrons. The van der Waals surface area contributed by atoms with E-state index in [-0.39, 0.29) is 6.61 Å². The van der Waals surface area contributed by atoms with Crippen LogP contribution in [0, 0.1) is 6.92 Å². The molecule has 0 aromatic rings. The van der Waals surface area contributed by atoms with Crippen LogP contribution in [0.25, 0.3) is 0 Å². The summed E-state index contributed by atoms with van der Waals surface area (Å²) in [5.41, 5.74) is 0. The second kappa shape index (κ2) is 8.88. The monoisotopic (exact) mass is 145 g/mol. The smallest absolute Gasteiger partial charge is 0.0555 e. The van der Waals surface area contributed by atoms with Gasteiger partial charge in [-0.15, -0.1) is 0 Å². The van der Waals surface area contributed by atoms with E-state index in [2.05, 4.69) is 17.6 Å². The second-order valence-corrected chi connectivity index (χ2v) is 2.08. The minimum absolute atomic E-state index is 0.225. The van der Waals surface area contributed by atoms with Gasteiger partial charge in [-0.2, -0.15) is 0 Å². The lowest BCUT2D eigenvalue weighted by atomic mass is 10.4. The highest BCUT2D eigenvalue weighted by atomic mass is 16.3. The Labute approximate surface area is 62.8 Å². The van der Waals surface area contributed by atoms with Crippen LogP contribution in [-0.2, 0) is 0 Å². The van der Waals surface area contributed by atoms with Crippen molar-refractivity contribution in [3.8, 4) is 0 Å². The zero-order valence-corrected chi connectivity index (χ0v) is 6.40. The first-order valence-corrected chi connectivity index (χ1v) is 3.73. The first-order valence-electron chi connectivity index (χ1n) is 3.73. The summed E-state index contributed by atoms with van der Waals surface area (Å²) in [4.78, 5) is 0. The first-order chi connectivity index (χ1) is 4.91. The normalized spacial score (nSPS) is 10.2. The fourth-order valence-corrected chi connectivity index (χ4v) is 0.667. The molecule has 0 fully saturated rings. The molecule has 0 rings (SSSR count). The predicted octanol–water partition coefficient (Wildman–Crippen LogP) is -0.618. The van der Waals surface area contributed by atoms with E-state index in [9.17, 15) is 0 Å². The second-order valence-electron chi connectivity index (χ2n) is 2.08. The summed E-state index contributed by atoms with van der Waals surface area (Å²) in [7, 11) is 0. The quantitative estimate of drug-likeness (QED) is 0.418. The van der Waals surface area contributed by atoms with E-state index in [0.29, 0.717) is 6.54 Å². The Morgan fingerprint density at radius 1 is 1.10 bits per heavy atom. The molecule has 0 aromatic heterocycles. The van der Waals surface area contributed by atoms with Crippen LogP contribution < -0.4 is 10.6 Å². The molecule has 3 nitrogen and oxygen atoms in total. The third-order valence-electron chi connectivity index (χ3n) is 1.17. The molecule has 3 N–H and O–H groups in total. The lowest BCUT2D eigenvalue weighted by molar-refractivity contribution is 0.292. The average Bonchev–Trinajstić information content (AvgIpc) is 1.97. The topological polar surface area (TPSA) is 44.3 Å². The third-order valence-corrected chi connectivity index (χ3v) is 1.17. The van der Waals surface area contributed by atoms with Crippen LogP contribution in [-0.4, -0.2) is 37.9 Å². The Morgan fingerprint density at radius 2 is 1.80 bits per heavy atom. The molecule has 0 saturated carbocycles. The number of nitrogens with one attached hydrogen (secondary N) is 2. The number of aliphatic hydroxyl groups is 1. The first kappa shape index (κ1) is 9.88. The van der Waals surface area contributed by atoms with Crippen molar-refractivity contribution in [2.24, 2.45) is 0 Å². The number of aliphatic hydroxyl groups excluding tert-OH is 1. The molecule has 0 amide bonds. The van der Waals surface area contributed by atoms with Gasteiger partial charge in [-0.3, -0.25) is 0 Å². The number of hydrogen-bond donors (Lipinski definition) is 3. The Balaban J connectivity index is 2.65. The van der Waals surface area contributed by atoms with Crippen molar-refractivity contribution in [1.82, 2.24) is 10.6 Å². The molecule has 0 bridgehead atoms. The van der Waals surface area contributed by atoms with Gasteiger partial charge in [-0.1, -0.05) is 0 Å². The average molecular weight is 145 g/mol. The van der Waals surface area contributed by atoms with Gasteiger partial charge in [0.2, 0.25) is 0 Å². The highest BCUT2D eigenvalue weighted by Crippen LogP contribution is 1.71. The lowest BCUT2D eigenvalue weighted by Crippen LogP contribution is -2.23. The van der Waals surface area contributed by atoms with E-state index >= 15 is 0 Å². The highest BCUT2D eigenvalue weighted by molar-refractivity contribution is 4.51. The van der Waals surface area contributed by atoms with E-state index in [1.807, 2.05) is 0 Å². The van der Waals surface area contributed by atoms with Crippen molar-refractivity contribution < 1.29 is 5.11 Å². The fourth-order valence-electron chi connectivity index (χ4n) is 0.667. The molecule has 10 heavy (non-hydrogen) atoms. The molecular weight excluding hydrogens is 128 g/mol. The van der Waals surface area contributed by atoms with Gasteiger partial charge >= 0.3 is 0 Å². The maximum atomic E-state index is 8.38. The van der Waals surface area contributed by atoms with Crippen LogP contribution in [0.3, 0.4) is 0 Å². The molecule has 0 aliphatic rings. The Hall–Kier alpha value is -0.120. The van der Waals surface area contributed by atoms with Crippen molar-refractivity contribution in [2.75, 3.05) is 32.8 Å². The molecule has 0 spiro atoms. The SMILES string of the molecule is [CH2]CNCCCNCCO. The molecule has 0 unspecified atom stereocenters. The molecular formula is C7H17N2O. The van der Waals surface area contributed by atoms with E-state index in [4.69, 9.17) is 5.11 Å². The minimum Gasteiger partial charge on any atom is -0.395 e. The van der Waals surface area contributed by atoms with Crippen LogP contribution in [0.15, 0.2) is 0 Å². The molecule has 0 aromatic carbocycles. The molecule has 0 aliphatic carbocycles. The largest absolute Gasteiger partial charge is 0.395 e. The third kappa shape index (κ3) is 7.88. The van der Waals surface area contributed by atoms with Gasteiger partial charge in [0, 0.05) is 6.54 Å². The molecule has 61 valence electrons. The summed E-state index contributed by atoms with van der Waals surface area (Å²) in [6.45, 7) is 7.33. The van der Waals surface area contributed by atoms with Gasteiger partial charge in [0.25, 0.3) is 0 Å². The number of rotatable bonds is 7. The zero-order chi connectivity index (χ0) is 7.66. The van der Waals surface area contributed by atoms with Gasteiger partial charge in [-0.05, 0) is 33.0 Å². The Morgan fingerprint density at radius 3 is 2.40 bits per heavy atom. The summed E-state index contributed by atoms with van der Waals surface area (Å²) in [5.74, 6) is 0. The van der Waals surface area contributed by atoms with Crippen LogP contribution in [0.1, 0.15) is 6.42 Å². The van der Waals surface area contributed by atoms with Gasteiger partial charge in [0.1, 0.15) is 0 Å². The van der Waals surface area contributed by atoms with Gasteiger partial charge in [0.15, 0.2) is 0 Å². The van der Waals surface area contributed by atoms with Crippen molar-refractivity contribution in [3.63, 3.8) is 0 Å². The molecule has 0 aliphatic heterocycles. The summed E-state index contributed by atoms with van der Waals surface area (Å²) in [6.07, 6.45) is 1.09. The summed E-state index contributed by atoms with van der Waals surface area (Å²) in [6, 6.07) is 0. The van der Waals surface area contributed by atoms with E-state index in [0.717, 1.165) is 26.1 Å². The van der Waals surface area contributed by atoms with Gasteiger partial charge in [-0.25, -0.2) is 0 Å². The van der Waals surface area contributed by atoms with Crippen molar-refractivity contribution in [1.29, 1.82) is 0 Å². The van der Waals surface area contributed by atoms with Crippen LogP contribution in [0.2, 0.25) is 0 Å². The zero-order valence-electron chi connectivity index (χ0n) is 6.40.